The van der Waals surface area contributed by atoms with E-state index < -0.39 is 0 Å². The zero-order chi connectivity index (χ0) is 20.3. The Morgan fingerprint density at radius 3 is 2.69 bits per heavy atom. The Kier molecular flexibility index (Phi) is 5.20. The maximum absolute atomic E-state index is 5.58. The Labute approximate surface area is 170 Å². The average Bonchev–Trinajstić information content (AvgIpc) is 3.19. The highest BCUT2D eigenvalue weighted by atomic mass is 16.5. The minimum atomic E-state index is -0.237. The van der Waals surface area contributed by atoms with Crippen molar-refractivity contribution in [3.8, 4) is 11.5 Å². The topological polar surface area (TPSA) is 89.1 Å². The van der Waals surface area contributed by atoms with Crippen LogP contribution in [0.5, 0.6) is 0 Å². The summed E-state index contributed by atoms with van der Waals surface area (Å²) in [4.78, 5) is 17.5. The van der Waals surface area contributed by atoms with Crippen molar-refractivity contribution in [3.63, 3.8) is 0 Å². The molecule has 0 unspecified atom stereocenters. The van der Waals surface area contributed by atoms with Crippen LogP contribution >= 0.6 is 0 Å². The summed E-state index contributed by atoms with van der Waals surface area (Å²) in [6.07, 6.45) is 8.46. The number of nitrogens with one attached hydrogen (secondary N) is 1. The summed E-state index contributed by atoms with van der Waals surface area (Å²) in [6, 6.07) is 7.97. The molecule has 3 aromatic rings. The number of anilines is 1. The maximum atomic E-state index is 5.58. The van der Waals surface area contributed by atoms with Crippen LogP contribution in [0.15, 0.2) is 52.4 Å². The minimum Gasteiger partial charge on any atom is -0.370 e. The fourth-order valence-electron chi connectivity index (χ4n) is 3.63. The molecule has 29 heavy (non-hydrogen) atoms. The third-order valence-electron chi connectivity index (χ3n) is 5.43. The van der Waals surface area contributed by atoms with Crippen molar-refractivity contribution < 1.29 is 4.52 Å². The predicted molar refractivity (Wildman–Crippen MR) is 114 cm³/mol. The SMILES string of the molecule is C=NC=C(C)c1ccc(C2(c3noc(-c4ccc(NCC)nc4)n3)CCC2)cn1. The highest BCUT2D eigenvalue weighted by Gasteiger charge is 2.44. The lowest BCUT2D eigenvalue weighted by atomic mass is 9.64. The molecule has 4 rings (SSSR count). The smallest absolute Gasteiger partial charge is 0.259 e. The van der Waals surface area contributed by atoms with Gasteiger partial charge in [0.15, 0.2) is 5.82 Å². The van der Waals surface area contributed by atoms with E-state index in [1.165, 1.54) is 0 Å². The number of pyridine rings is 2. The van der Waals surface area contributed by atoms with Gasteiger partial charge in [-0.25, -0.2) is 4.98 Å². The summed E-state index contributed by atoms with van der Waals surface area (Å²) in [5.74, 6) is 2.03. The van der Waals surface area contributed by atoms with Gasteiger partial charge < -0.3 is 9.84 Å². The van der Waals surface area contributed by atoms with Gasteiger partial charge in [-0.05, 0) is 62.7 Å². The number of rotatable bonds is 7. The van der Waals surface area contributed by atoms with Crippen LogP contribution in [0, 0.1) is 0 Å². The van der Waals surface area contributed by atoms with Crippen LogP contribution in [-0.4, -0.2) is 33.4 Å². The average molecular weight is 388 g/mol. The monoisotopic (exact) mass is 388 g/mol. The molecule has 0 saturated heterocycles. The number of nitrogens with zero attached hydrogens (tertiary/aromatic N) is 5. The first-order chi connectivity index (χ1) is 14.2. The van der Waals surface area contributed by atoms with Crippen LogP contribution in [0.3, 0.4) is 0 Å². The van der Waals surface area contributed by atoms with Gasteiger partial charge in [0.1, 0.15) is 5.82 Å². The molecule has 0 aromatic carbocycles. The molecular weight excluding hydrogens is 364 g/mol. The molecule has 0 amide bonds. The molecule has 1 fully saturated rings. The van der Waals surface area contributed by atoms with Crippen molar-refractivity contribution in [1.82, 2.24) is 20.1 Å². The quantitative estimate of drug-likeness (QED) is 0.600. The van der Waals surface area contributed by atoms with E-state index >= 15 is 0 Å². The lowest BCUT2D eigenvalue weighted by Crippen LogP contribution is -2.36. The molecule has 0 aliphatic heterocycles. The van der Waals surface area contributed by atoms with Gasteiger partial charge in [-0.15, -0.1) is 0 Å². The predicted octanol–water partition coefficient (Wildman–Crippen LogP) is 4.49. The number of aliphatic imine (C=N–C) groups is 1. The molecule has 3 aromatic heterocycles. The van der Waals surface area contributed by atoms with Gasteiger partial charge in [-0.3, -0.25) is 9.98 Å². The molecule has 0 spiro atoms. The third kappa shape index (κ3) is 3.55. The third-order valence-corrected chi connectivity index (χ3v) is 5.43. The second kappa shape index (κ2) is 7.95. The van der Waals surface area contributed by atoms with Gasteiger partial charge in [0, 0.05) is 25.1 Å². The standard InChI is InChI=1S/C22H24N6O/c1-4-24-19-9-6-16(13-26-19)20-27-21(28-29-20)22(10-5-11-22)17-7-8-18(25-14-17)15(2)12-23-3/h6-9,12-14H,3-5,10-11H2,1-2H3,(H,24,26). The molecule has 3 heterocycles. The molecule has 1 aliphatic rings. The zero-order valence-corrected chi connectivity index (χ0v) is 16.7. The van der Waals surface area contributed by atoms with E-state index in [1.807, 2.05) is 38.2 Å². The Morgan fingerprint density at radius 2 is 2.10 bits per heavy atom. The zero-order valence-electron chi connectivity index (χ0n) is 16.7. The van der Waals surface area contributed by atoms with Crippen molar-refractivity contribution in [2.24, 2.45) is 4.99 Å². The summed E-state index contributed by atoms with van der Waals surface area (Å²) in [5, 5.41) is 7.49. The van der Waals surface area contributed by atoms with Crippen LogP contribution in [0.25, 0.3) is 17.0 Å². The number of allylic oxidation sites excluding steroid dienone is 1. The van der Waals surface area contributed by atoms with Gasteiger partial charge in [-0.2, -0.15) is 4.98 Å². The highest BCUT2D eigenvalue weighted by Crippen LogP contribution is 2.48. The first-order valence-corrected chi connectivity index (χ1v) is 9.80. The van der Waals surface area contributed by atoms with Crippen LogP contribution in [0.1, 0.15) is 50.2 Å². The molecule has 7 heteroatoms. The fourth-order valence-corrected chi connectivity index (χ4v) is 3.63. The second-order valence-electron chi connectivity index (χ2n) is 7.25. The molecule has 148 valence electrons. The Balaban J connectivity index is 1.61. The fraction of sp³-hybridized carbons (Fsp3) is 0.318. The molecule has 0 bridgehead atoms. The summed E-state index contributed by atoms with van der Waals surface area (Å²) >= 11 is 0. The van der Waals surface area contributed by atoms with E-state index in [4.69, 9.17) is 9.51 Å². The molecule has 7 nitrogen and oxygen atoms in total. The van der Waals surface area contributed by atoms with E-state index in [0.717, 1.165) is 54.0 Å². The van der Waals surface area contributed by atoms with Gasteiger partial charge in [0.25, 0.3) is 5.89 Å². The Hall–Kier alpha value is -3.35. The van der Waals surface area contributed by atoms with Crippen molar-refractivity contribution in [2.75, 3.05) is 11.9 Å². The summed E-state index contributed by atoms with van der Waals surface area (Å²) in [5.41, 5.74) is 3.55. The first-order valence-electron chi connectivity index (χ1n) is 9.80. The largest absolute Gasteiger partial charge is 0.370 e. The number of aromatic nitrogens is 4. The van der Waals surface area contributed by atoms with E-state index in [9.17, 15) is 0 Å². The molecule has 1 N–H and O–H groups in total. The minimum absolute atomic E-state index is 0.237. The van der Waals surface area contributed by atoms with E-state index in [0.29, 0.717) is 11.7 Å². The van der Waals surface area contributed by atoms with Crippen LogP contribution in [-0.2, 0) is 5.41 Å². The Morgan fingerprint density at radius 1 is 1.24 bits per heavy atom. The van der Waals surface area contributed by atoms with Crippen LogP contribution in [0.2, 0.25) is 0 Å². The maximum Gasteiger partial charge on any atom is 0.259 e. The van der Waals surface area contributed by atoms with E-state index in [-0.39, 0.29) is 5.41 Å². The first kappa shape index (κ1) is 19.0. The molecular formula is C22H24N6O. The van der Waals surface area contributed by atoms with Gasteiger partial charge in [-0.1, -0.05) is 17.6 Å². The van der Waals surface area contributed by atoms with Crippen molar-refractivity contribution >= 4 is 18.1 Å². The number of hydrogen-bond donors (Lipinski definition) is 1. The van der Waals surface area contributed by atoms with E-state index in [2.05, 4.69) is 38.2 Å². The van der Waals surface area contributed by atoms with Crippen LogP contribution in [0.4, 0.5) is 5.82 Å². The highest BCUT2D eigenvalue weighted by molar-refractivity contribution is 5.61. The van der Waals surface area contributed by atoms with Crippen molar-refractivity contribution in [3.05, 3.63) is 59.9 Å². The lowest BCUT2D eigenvalue weighted by molar-refractivity contribution is 0.272. The van der Waals surface area contributed by atoms with Gasteiger partial charge in [0.2, 0.25) is 0 Å². The van der Waals surface area contributed by atoms with Gasteiger partial charge in [0.05, 0.1) is 16.7 Å². The van der Waals surface area contributed by atoms with Crippen LogP contribution < -0.4 is 5.32 Å². The summed E-state index contributed by atoms with van der Waals surface area (Å²) < 4.78 is 5.58. The van der Waals surface area contributed by atoms with E-state index in [1.54, 1.807) is 12.4 Å². The number of hydrogen-bond acceptors (Lipinski definition) is 7. The van der Waals surface area contributed by atoms with Crippen molar-refractivity contribution in [1.29, 1.82) is 0 Å². The lowest BCUT2D eigenvalue weighted by Gasteiger charge is -2.39. The Bertz CT molecular complexity index is 1020. The molecule has 0 atom stereocenters. The summed E-state index contributed by atoms with van der Waals surface area (Å²) in [7, 11) is 0. The molecule has 0 radical (unpaired) electrons. The molecule has 1 saturated carbocycles. The van der Waals surface area contributed by atoms with Gasteiger partial charge >= 0.3 is 0 Å². The summed E-state index contributed by atoms with van der Waals surface area (Å²) in [6.45, 7) is 8.33. The molecule has 1 aliphatic carbocycles. The van der Waals surface area contributed by atoms with Crippen molar-refractivity contribution in [2.45, 2.75) is 38.5 Å². The normalized spacial score (nSPS) is 15.6. The second-order valence-corrected chi connectivity index (χ2v) is 7.25.